The molecule has 2 aromatic carbocycles. The molecule has 1 atom stereocenters. The van der Waals surface area contributed by atoms with Gasteiger partial charge in [-0.3, -0.25) is 4.79 Å². The van der Waals surface area contributed by atoms with Crippen molar-refractivity contribution in [1.29, 1.82) is 0 Å². The fourth-order valence-corrected chi connectivity index (χ4v) is 4.64. The summed E-state index contributed by atoms with van der Waals surface area (Å²) in [4.78, 5) is 31.5. The van der Waals surface area contributed by atoms with Gasteiger partial charge in [0.15, 0.2) is 0 Å². The fraction of sp³-hybridized carbons (Fsp3) is 0.148. The van der Waals surface area contributed by atoms with E-state index in [-0.39, 0.29) is 5.91 Å². The molecule has 0 saturated carbocycles. The maximum atomic E-state index is 13.3. The molecule has 1 saturated heterocycles. The van der Waals surface area contributed by atoms with Crippen LogP contribution in [0.3, 0.4) is 0 Å². The van der Waals surface area contributed by atoms with Crippen LogP contribution in [0.5, 0.6) is 0 Å². The molecule has 162 valence electrons. The van der Waals surface area contributed by atoms with Gasteiger partial charge in [0.05, 0.1) is 22.4 Å². The van der Waals surface area contributed by atoms with E-state index in [4.69, 9.17) is 9.97 Å². The Morgan fingerprint density at radius 1 is 0.818 bits per heavy atom. The predicted molar refractivity (Wildman–Crippen MR) is 129 cm³/mol. The van der Waals surface area contributed by atoms with Gasteiger partial charge in [-0.1, -0.05) is 30.3 Å². The lowest BCUT2D eigenvalue weighted by molar-refractivity contribution is 0.0791. The van der Waals surface area contributed by atoms with Crippen LogP contribution < -0.4 is 0 Å². The molecule has 6 nitrogen and oxygen atoms in total. The van der Waals surface area contributed by atoms with E-state index in [0.717, 1.165) is 47.8 Å². The van der Waals surface area contributed by atoms with E-state index < -0.39 is 0 Å². The van der Waals surface area contributed by atoms with Gasteiger partial charge in [-0.25, -0.2) is 9.97 Å². The maximum Gasteiger partial charge on any atom is 0.253 e. The quantitative estimate of drug-likeness (QED) is 0.406. The summed E-state index contributed by atoms with van der Waals surface area (Å²) in [6.45, 7) is 1.51. The lowest BCUT2D eigenvalue weighted by atomic mass is 9.99. The normalized spacial score (nSPS) is 15.9. The van der Waals surface area contributed by atoms with Gasteiger partial charge in [0.1, 0.15) is 11.4 Å². The number of carbonyl (C=O) groups excluding carboxylic acids is 1. The number of amides is 1. The number of rotatable bonds is 4. The molecule has 6 rings (SSSR count). The van der Waals surface area contributed by atoms with Crippen LogP contribution in [-0.4, -0.2) is 43.8 Å². The molecule has 1 amide bonds. The van der Waals surface area contributed by atoms with E-state index in [2.05, 4.69) is 34.2 Å². The zero-order valence-electron chi connectivity index (χ0n) is 18.0. The van der Waals surface area contributed by atoms with Crippen molar-refractivity contribution in [2.75, 3.05) is 13.1 Å². The number of carbonyl (C=O) groups is 1. The smallest absolute Gasteiger partial charge is 0.253 e. The fourth-order valence-electron chi connectivity index (χ4n) is 4.64. The summed E-state index contributed by atoms with van der Waals surface area (Å²) >= 11 is 0. The first-order chi connectivity index (χ1) is 16.3. The number of hydrogen-bond donors (Lipinski definition) is 2. The number of aromatic amines is 2. The number of H-pyrrole nitrogens is 2. The molecular formula is C27H23N5O. The monoisotopic (exact) mass is 433 g/mol. The second kappa shape index (κ2) is 8.06. The lowest BCUT2D eigenvalue weighted by Gasteiger charge is -2.17. The Morgan fingerprint density at radius 2 is 1.52 bits per heavy atom. The van der Waals surface area contributed by atoms with Gasteiger partial charge < -0.3 is 14.9 Å². The zero-order chi connectivity index (χ0) is 22.2. The van der Waals surface area contributed by atoms with Crippen LogP contribution in [-0.2, 0) is 0 Å². The first-order valence-electron chi connectivity index (χ1n) is 11.2. The van der Waals surface area contributed by atoms with Crippen LogP contribution in [0.2, 0.25) is 0 Å². The highest BCUT2D eigenvalue weighted by molar-refractivity contribution is 5.98. The maximum absolute atomic E-state index is 13.3. The number of nitrogens with zero attached hydrogens (tertiary/aromatic N) is 3. The SMILES string of the molecule is O=C(c1ccc2nc(-c3ccc[nH]3)c(-c3ccc[nH]3)nc2c1)N1CC[C@@H](c2ccccc2)C1. The Balaban J connectivity index is 1.34. The van der Waals surface area contributed by atoms with Crippen molar-refractivity contribution < 1.29 is 4.79 Å². The van der Waals surface area contributed by atoms with E-state index in [9.17, 15) is 4.79 Å². The van der Waals surface area contributed by atoms with Crippen LogP contribution in [0.25, 0.3) is 33.8 Å². The van der Waals surface area contributed by atoms with Crippen LogP contribution in [0.4, 0.5) is 0 Å². The molecule has 0 bridgehead atoms. The van der Waals surface area contributed by atoms with Gasteiger partial charge in [-0.15, -0.1) is 0 Å². The highest BCUT2D eigenvalue weighted by atomic mass is 16.2. The summed E-state index contributed by atoms with van der Waals surface area (Å²) in [5.41, 5.74) is 6.73. The van der Waals surface area contributed by atoms with Crippen molar-refractivity contribution in [2.24, 2.45) is 0 Å². The topological polar surface area (TPSA) is 77.7 Å². The van der Waals surface area contributed by atoms with E-state index in [0.29, 0.717) is 17.0 Å². The summed E-state index contributed by atoms with van der Waals surface area (Å²) < 4.78 is 0. The minimum Gasteiger partial charge on any atom is -0.360 e. The number of aromatic nitrogens is 4. The molecule has 6 heteroatoms. The third-order valence-corrected chi connectivity index (χ3v) is 6.36. The first kappa shape index (κ1) is 19.5. The molecule has 1 aliphatic rings. The zero-order valence-corrected chi connectivity index (χ0v) is 18.0. The summed E-state index contributed by atoms with van der Waals surface area (Å²) in [6, 6.07) is 23.9. The van der Waals surface area contributed by atoms with Crippen molar-refractivity contribution in [3.8, 4) is 22.8 Å². The highest BCUT2D eigenvalue weighted by Gasteiger charge is 2.28. The largest absolute Gasteiger partial charge is 0.360 e. The molecule has 3 aromatic heterocycles. The number of benzene rings is 2. The Labute approximate surface area is 191 Å². The van der Waals surface area contributed by atoms with Crippen LogP contribution in [0.15, 0.2) is 85.2 Å². The first-order valence-corrected chi connectivity index (χ1v) is 11.2. The molecule has 0 unspecified atom stereocenters. The van der Waals surface area contributed by atoms with Crippen LogP contribution in [0.1, 0.15) is 28.3 Å². The van der Waals surface area contributed by atoms with E-state index in [1.54, 1.807) is 0 Å². The molecule has 5 aromatic rings. The van der Waals surface area contributed by atoms with Gasteiger partial charge >= 0.3 is 0 Å². The minimum absolute atomic E-state index is 0.0481. The van der Waals surface area contributed by atoms with Crippen molar-refractivity contribution in [1.82, 2.24) is 24.8 Å². The molecule has 1 fully saturated rings. The second-order valence-corrected chi connectivity index (χ2v) is 8.44. The number of likely N-dealkylation sites (tertiary alicyclic amines) is 1. The molecule has 4 heterocycles. The summed E-state index contributed by atoms with van der Waals surface area (Å²) in [5, 5.41) is 0. The van der Waals surface area contributed by atoms with Crippen molar-refractivity contribution >= 4 is 16.9 Å². The van der Waals surface area contributed by atoms with Crippen LogP contribution >= 0.6 is 0 Å². The van der Waals surface area contributed by atoms with Crippen molar-refractivity contribution in [3.63, 3.8) is 0 Å². The Hall–Kier alpha value is -4.19. The number of fused-ring (bicyclic) bond motifs is 1. The number of hydrogen-bond acceptors (Lipinski definition) is 3. The van der Waals surface area contributed by atoms with Gasteiger partial charge in [-0.05, 0) is 54.4 Å². The Bertz CT molecular complexity index is 1410. The van der Waals surface area contributed by atoms with Gasteiger partial charge in [-0.2, -0.15) is 0 Å². The van der Waals surface area contributed by atoms with Gasteiger partial charge in [0.25, 0.3) is 5.91 Å². The third kappa shape index (κ3) is 3.59. The highest BCUT2D eigenvalue weighted by Crippen LogP contribution is 2.31. The Kier molecular flexibility index (Phi) is 4.76. The second-order valence-electron chi connectivity index (χ2n) is 8.44. The average molecular weight is 434 g/mol. The summed E-state index contributed by atoms with van der Waals surface area (Å²) in [5.74, 6) is 0.435. The van der Waals surface area contributed by atoms with Gasteiger partial charge in [0, 0.05) is 37.0 Å². The van der Waals surface area contributed by atoms with Crippen molar-refractivity contribution in [2.45, 2.75) is 12.3 Å². The molecule has 2 N–H and O–H groups in total. The lowest BCUT2D eigenvalue weighted by Crippen LogP contribution is -2.28. The summed E-state index contributed by atoms with van der Waals surface area (Å²) in [6.07, 6.45) is 4.73. The standard InChI is InChI=1S/C27H23N5O/c33-27(32-15-12-20(17-32)18-6-2-1-3-7-18)19-10-11-21-24(16-19)31-26(23-9-5-14-29-23)25(30-21)22-8-4-13-28-22/h1-11,13-14,16,20,28-29H,12,15,17H2/t20-/m1/s1. The Morgan fingerprint density at radius 3 is 2.18 bits per heavy atom. The molecule has 0 radical (unpaired) electrons. The minimum atomic E-state index is 0.0481. The molecule has 0 spiro atoms. The van der Waals surface area contributed by atoms with E-state index in [1.165, 1.54) is 5.56 Å². The molecule has 1 aliphatic heterocycles. The number of nitrogens with one attached hydrogen (secondary N) is 2. The van der Waals surface area contributed by atoms with Crippen LogP contribution in [0, 0.1) is 0 Å². The average Bonchev–Trinajstić information content (AvgIpc) is 3.65. The molecular weight excluding hydrogens is 410 g/mol. The molecule has 33 heavy (non-hydrogen) atoms. The van der Waals surface area contributed by atoms with Gasteiger partial charge in [0.2, 0.25) is 0 Å². The third-order valence-electron chi connectivity index (χ3n) is 6.36. The summed E-state index contributed by atoms with van der Waals surface area (Å²) in [7, 11) is 0. The van der Waals surface area contributed by atoms with Crippen molar-refractivity contribution in [3.05, 3.63) is 96.3 Å². The predicted octanol–water partition coefficient (Wildman–Crippen LogP) is 5.25. The molecule has 0 aliphatic carbocycles. The van der Waals surface area contributed by atoms with E-state index >= 15 is 0 Å². The van der Waals surface area contributed by atoms with E-state index in [1.807, 2.05) is 65.8 Å².